The molecule has 206 valence electrons. The highest BCUT2D eigenvalue weighted by atomic mass is 32.1. The van der Waals surface area contributed by atoms with Gasteiger partial charge in [0.05, 0.1) is 43.7 Å². The molecule has 1 aromatic heterocycles. The number of hydrogen-bond donors (Lipinski definition) is 0. The van der Waals surface area contributed by atoms with Gasteiger partial charge in [-0.15, -0.1) is 0 Å². The summed E-state index contributed by atoms with van der Waals surface area (Å²) in [5.41, 5.74) is 4.07. The first-order valence-electron chi connectivity index (χ1n) is 12.7. The SMILES string of the molecule is CCOC(=O)C1=C(C)N=c2s/c(=C/c3cc(C(C)C)c(OC)cc3C)c(=O)n2[C@@H]1c1cc(OC)ccc1OC. The van der Waals surface area contributed by atoms with Crippen molar-refractivity contribution < 1.29 is 23.7 Å². The molecule has 1 aliphatic rings. The zero-order chi connectivity index (χ0) is 28.4. The molecule has 2 aromatic carbocycles. The largest absolute Gasteiger partial charge is 0.497 e. The maximum absolute atomic E-state index is 14.1. The Morgan fingerprint density at radius 1 is 1.08 bits per heavy atom. The Kier molecular flexibility index (Phi) is 8.30. The number of esters is 1. The lowest BCUT2D eigenvalue weighted by molar-refractivity contribution is -0.139. The molecular formula is C30H34N2O6S. The molecule has 0 aliphatic carbocycles. The van der Waals surface area contributed by atoms with Gasteiger partial charge in [-0.05, 0) is 79.8 Å². The molecule has 0 radical (unpaired) electrons. The number of fused-ring (bicyclic) bond motifs is 1. The number of benzene rings is 2. The summed E-state index contributed by atoms with van der Waals surface area (Å²) in [6, 6.07) is 8.55. The quantitative estimate of drug-likeness (QED) is 0.390. The number of thiazole rings is 1. The van der Waals surface area contributed by atoms with Gasteiger partial charge in [-0.1, -0.05) is 25.2 Å². The minimum atomic E-state index is -0.810. The van der Waals surface area contributed by atoms with Crippen molar-refractivity contribution in [2.75, 3.05) is 27.9 Å². The molecule has 0 bridgehead atoms. The fourth-order valence-corrected chi connectivity index (χ4v) is 5.82. The molecule has 8 nitrogen and oxygen atoms in total. The van der Waals surface area contributed by atoms with Crippen molar-refractivity contribution >= 4 is 23.4 Å². The van der Waals surface area contributed by atoms with Crippen LogP contribution in [0.25, 0.3) is 6.08 Å². The summed E-state index contributed by atoms with van der Waals surface area (Å²) in [5, 5.41) is 0. The Bertz CT molecular complexity index is 1630. The molecule has 9 heteroatoms. The molecule has 1 aliphatic heterocycles. The number of methoxy groups -OCH3 is 3. The smallest absolute Gasteiger partial charge is 0.338 e. The first-order valence-corrected chi connectivity index (χ1v) is 13.6. The molecule has 4 rings (SSSR count). The summed E-state index contributed by atoms with van der Waals surface area (Å²) >= 11 is 1.28. The number of aryl methyl sites for hydroxylation is 1. The van der Waals surface area contributed by atoms with Crippen LogP contribution in [0.15, 0.2) is 51.4 Å². The Morgan fingerprint density at radius 3 is 2.41 bits per heavy atom. The van der Waals surface area contributed by atoms with E-state index >= 15 is 0 Å². The Labute approximate surface area is 231 Å². The normalized spacial score (nSPS) is 15.2. The first-order chi connectivity index (χ1) is 18.6. The van der Waals surface area contributed by atoms with Crippen LogP contribution in [0.3, 0.4) is 0 Å². The number of ether oxygens (including phenoxy) is 4. The maximum atomic E-state index is 14.1. The van der Waals surface area contributed by atoms with E-state index in [4.69, 9.17) is 18.9 Å². The van der Waals surface area contributed by atoms with Crippen LogP contribution in [-0.4, -0.2) is 38.5 Å². The number of carbonyl (C=O) groups excluding carboxylic acids is 1. The monoisotopic (exact) mass is 550 g/mol. The van der Waals surface area contributed by atoms with Gasteiger partial charge in [0.1, 0.15) is 23.3 Å². The van der Waals surface area contributed by atoms with Crippen LogP contribution < -0.4 is 29.1 Å². The Hall–Kier alpha value is -3.85. The molecule has 0 amide bonds. The van der Waals surface area contributed by atoms with E-state index < -0.39 is 12.0 Å². The highest BCUT2D eigenvalue weighted by Gasteiger charge is 2.35. The number of rotatable bonds is 8. The molecule has 0 saturated carbocycles. The first kappa shape index (κ1) is 28.2. The molecule has 0 N–H and O–H groups in total. The molecule has 2 heterocycles. The number of hydrogen-bond acceptors (Lipinski definition) is 8. The van der Waals surface area contributed by atoms with Gasteiger partial charge in [0.15, 0.2) is 4.80 Å². The van der Waals surface area contributed by atoms with Crippen molar-refractivity contribution in [1.29, 1.82) is 0 Å². The average Bonchev–Trinajstić information content (AvgIpc) is 3.22. The topological polar surface area (TPSA) is 88.4 Å². The molecule has 39 heavy (non-hydrogen) atoms. The summed E-state index contributed by atoms with van der Waals surface area (Å²) < 4.78 is 24.2. The zero-order valence-electron chi connectivity index (χ0n) is 23.6. The van der Waals surface area contributed by atoms with E-state index in [0.717, 1.165) is 22.4 Å². The number of carbonyl (C=O) groups is 1. The second-order valence-corrected chi connectivity index (χ2v) is 10.5. The second-order valence-electron chi connectivity index (χ2n) is 9.52. The van der Waals surface area contributed by atoms with Crippen LogP contribution in [-0.2, 0) is 9.53 Å². The molecule has 3 aromatic rings. The molecule has 0 unspecified atom stereocenters. The van der Waals surface area contributed by atoms with Crippen LogP contribution in [0.2, 0.25) is 0 Å². The third-order valence-corrected chi connectivity index (χ3v) is 7.76. The van der Waals surface area contributed by atoms with Crippen LogP contribution in [0.5, 0.6) is 17.2 Å². The van der Waals surface area contributed by atoms with Crippen molar-refractivity contribution in [2.24, 2.45) is 4.99 Å². The third-order valence-electron chi connectivity index (χ3n) is 6.78. The fraction of sp³-hybridized carbons (Fsp3) is 0.367. The van der Waals surface area contributed by atoms with Crippen molar-refractivity contribution in [3.63, 3.8) is 0 Å². The fourth-order valence-electron chi connectivity index (χ4n) is 4.78. The summed E-state index contributed by atoms with van der Waals surface area (Å²) in [5.74, 6) is 1.61. The van der Waals surface area contributed by atoms with E-state index in [1.807, 2.05) is 19.1 Å². The lowest BCUT2D eigenvalue weighted by atomic mass is 9.94. The van der Waals surface area contributed by atoms with Gasteiger partial charge < -0.3 is 18.9 Å². The summed E-state index contributed by atoms with van der Waals surface area (Å²) in [7, 11) is 4.77. The minimum absolute atomic E-state index is 0.191. The van der Waals surface area contributed by atoms with E-state index in [-0.39, 0.29) is 23.7 Å². The number of aromatic nitrogens is 1. The van der Waals surface area contributed by atoms with Crippen LogP contribution in [0.1, 0.15) is 61.9 Å². The predicted octanol–water partition coefficient (Wildman–Crippen LogP) is 4.26. The van der Waals surface area contributed by atoms with Crippen LogP contribution in [0.4, 0.5) is 0 Å². The van der Waals surface area contributed by atoms with Gasteiger partial charge in [-0.25, -0.2) is 9.79 Å². The predicted molar refractivity (Wildman–Crippen MR) is 152 cm³/mol. The van der Waals surface area contributed by atoms with Gasteiger partial charge in [0.25, 0.3) is 5.56 Å². The number of nitrogens with zero attached hydrogens (tertiary/aromatic N) is 2. The van der Waals surface area contributed by atoms with Gasteiger partial charge in [-0.2, -0.15) is 0 Å². The van der Waals surface area contributed by atoms with E-state index in [9.17, 15) is 9.59 Å². The van der Waals surface area contributed by atoms with Gasteiger partial charge in [-0.3, -0.25) is 9.36 Å². The molecule has 0 spiro atoms. The number of allylic oxidation sites excluding steroid dienone is 1. The van der Waals surface area contributed by atoms with E-state index in [1.165, 1.54) is 11.3 Å². The lowest BCUT2D eigenvalue weighted by Crippen LogP contribution is -2.40. The second kappa shape index (κ2) is 11.5. The third kappa shape index (κ3) is 5.23. The van der Waals surface area contributed by atoms with Crippen molar-refractivity contribution in [3.05, 3.63) is 83.5 Å². The summed E-state index contributed by atoms with van der Waals surface area (Å²) in [6.07, 6.45) is 1.88. The van der Waals surface area contributed by atoms with Crippen LogP contribution >= 0.6 is 11.3 Å². The van der Waals surface area contributed by atoms with Crippen molar-refractivity contribution in [1.82, 2.24) is 4.57 Å². The highest BCUT2D eigenvalue weighted by Crippen LogP contribution is 2.38. The molecule has 0 fully saturated rings. The standard InChI is InChI=1S/C30H34N2O6S/c1-9-38-29(34)26-18(5)31-30-32(27(26)22-15-20(35-6)10-11-23(22)36-7)28(33)25(39-30)14-19-13-21(16(2)3)24(37-8)12-17(19)4/h10-16,27H,9H2,1-8H3/b25-14+/t27-/m1/s1. The average molecular weight is 551 g/mol. The van der Waals surface area contributed by atoms with Gasteiger partial charge >= 0.3 is 5.97 Å². The zero-order valence-corrected chi connectivity index (χ0v) is 24.4. The highest BCUT2D eigenvalue weighted by molar-refractivity contribution is 7.07. The van der Waals surface area contributed by atoms with Gasteiger partial charge in [0.2, 0.25) is 0 Å². The molecule has 0 saturated heterocycles. The van der Waals surface area contributed by atoms with E-state index in [2.05, 4.69) is 24.9 Å². The maximum Gasteiger partial charge on any atom is 0.338 e. The van der Waals surface area contributed by atoms with Crippen LogP contribution in [0, 0.1) is 6.92 Å². The molecule has 1 atom stereocenters. The van der Waals surface area contributed by atoms with Gasteiger partial charge in [0, 0.05) is 5.56 Å². The minimum Gasteiger partial charge on any atom is -0.497 e. The summed E-state index contributed by atoms with van der Waals surface area (Å²) in [4.78, 5) is 32.4. The van der Waals surface area contributed by atoms with Crippen molar-refractivity contribution in [3.8, 4) is 17.2 Å². The van der Waals surface area contributed by atoms with Crippen molar-refractivity contribution in [2.45, 2.75) is 46.6 Å². The molecular weight excluding hydrogens is 516 g/mol. The van der Waals surface area contributed by atoms with E-state index in [1.54, 1.807) is 57.9 Å². The Balaban J connectivity index is 2.02. The Morgan fingerprint density at radius 2 is 1.79 bits per heavy atom. The summed E-state index contributed by atoms with van der Waals surface area (Å²) in [6.45, 7) is 9.88. The van der Waals surface area contributed by atoms with E-state index in [0.29, 0.717) is 32.1 Å². The lowest BCUT2D eigenvalue weighted by Gasteiger charge is -2.26.